The molecule has 1 atom stereocenters. The van der Waals surface area contributed by atoms with Gasteiger partial charge in [0.05, 0.1) is 27.8 Å². The summed E-state index contributed by atoms with van der Waals surface area (Å²) >= 11 is 0. The fourth-order valence-corrected chi connectivity index (χ4v) is 7.59. The number of fused-ring (bicyclic) bond motifs is 4. The lowest BCUT2D eigenvalue weighted by Crippen LogP contribution is -2.41. The smallest absolute Gasteiger partial charge is 0.399 e. The lowest BCUT2D eigenvalue weighted by Gasteiger charge is -2.33. The summed E-state index contributed by atoms with van der Waals surface area (Å²) in [5.74, 6) is 0.677. The molecule has 1 aliphatic heterocycles. The summed E-state index contributed by atoms with van der Waals surface area (Å²) in [7, 11) is -0.465. The van der Waals surface area contributed by atoms with Gasteiger partial charge in [-0.05, 0) is 73.1 Å². The maximum Gasteiger partial charge on any atom is 0.494 e. The molecule has 9 rings (SSSR count). The summed E-state index contributed by atoms with van der Waals surface area (Å²) in [5.41, 5.74) is 10.5. The van der Waals surface area contributed by atoms with Crippen LogP contribution in [0.1, 0.15) is 50.1 Å². The van der Waals surface area contributed by atoms with Crippen molar-refractivity contribution in [3.8, 4) is 33.8 Å². The zero-order valence-corrected chi connectivity index (χ0v) is 28.6. The third kappa shape index (κ3) is 4.59. The molecule has 1 aliphatic carbocycles. The van der Waals surface area contributed by atoms with Crippen molar-refractivity contribution < 1.29 is 9.31 Å². The summed E-state index contributed by atoms with van der Waals surface area (Å²) in [5, 5.41) is 0. The minimum atomic E-state index is -0.693. The maximum absolute atomic E-state index is 6.52. The minimum Gasteiger partial charge on any atom is -0.399 e. The van der Waals surface area contributed by atoms with Crippen LogP contribution in [0.2, 0.25) is 0 Å². The van der Waals surface area contributed by atoms with Gasteiger partial charge in [-0.3, -0.25) is 0 Å². The van der Waals surface area contributed by atoms with Crippen LogP contribution in [0.3, 0.4) is 0 Å². The molecule has 1 saturated heterocycles. The van der Waals surface area contributed by atoms with Gasteiger partial charge in [-0.1, -0.05) is 133 Å². The van der Waals surface area contributed by atoms with Crippen LogP contribution in [0, 0.1) is 0 Å². The number of benzene rings is 5. The van der Waals surface area contributed by atoms with Crippen molar-refractivity contribution in [1.29, 1.82) is 0 Å². The quantitative estimate of drug-likeness (QED) is 0.174. The molecule has 50 heavy (non-hydrogen) atoms. The second-order valence-electron chi connectivity index (χ2n) is 14.2. The summed E-state index contributed by atoms with van der Waals surface area (Å²) in [6, 6.07) is 50.8. The van der Waals surface area contributed by atoms with Gasteiger partial charge in [-0.25, -0.2) is 15.0 Å². The number of hydrogen-bond donors (Lipinski definition) is 0. The van der Waals surface area contributed by atoms with Crippen LogP contribution >= 0.6 is 0 Å². The van der Waals surface area contributed by atoms with E-state index in [-0.39, 0.29) is 0 Å². The molecule has 2 aliphatic rings. The molecule has 5 aromatic carbocycles. The van der Waals surface area contributed by atoms with Gasteiger partial charge < -0.3 is 9.31 Å². The Kier molecular flexibility index (Phi) is 6.93. The van der Waals surface area contributed by atoms with E-state index in [9.17, 15) is 0 Å². The third-order valence-electron chi connectivity index (χ3n) is 10.8. The van der Waals surface area contributed by atoms with E-state index < -0.39 is 23.7 Å². The number of rotatable bonds is 5. The van der Waals surface area contributed by atoms with Gasteiger partial charge >= 0.3 is 7.12 Å². The van der Waals surface area contributed by atoms with E-state index in [1.165, 1.54) is 16.7 Å². The Morgan fingerprint density at radius 1 is 0.520 bits per heavy atom. The van der Waals surface area contributed by atoms with Crippen molar-refractivity contribution in [2.24, 2.45) is 0 Å². The van der Waals surface area contributed by atoms with Crippen LogP contribution in [0.5, 0.6) is 0 Å². The van der Waals surface area contributed by atoms with Gasteiger partial charge in [0.25, 0.3) is 0 Å². The lowest BCUT2D eigenvalue weighted by molar-refractivity contribution is 0.00578. The third-order valence-corrected chi connectivity index (χ3v) is 10.8. The molecule has 2 aromatic heterocycles. The molecule has 242 valence electrons. The van der Waals surface area contributed by atoms with Crippen LogP contribution in [-0.2, 0) is 14.7 Å². The first-order chi connectivity index (χ1) is 24.3. The Hall–Kier alpha value is -5.43. The van der Waals surface area contributed by atoms with Gasteiger partial charge in [-0.15, -0.1) is 0 Å². The highest BCUT2D eigenvalue weighted by Crippen LogP contribution is 2.55. The summed E-state index contributed by atoms with van der Waals surface area (Å²) in [4.78, 5) is 15.8. The van der Waals surface area contributed by atoms with Crippen molar-refractivity contribution in [3.05, 3.63) is 168 Å². The summed E-state index contributed by atoms with van der Waals surface area (Å²) < 4.78 is 13.0. The Morgan fingerprint density at radius 3 is 1.82 bits per heavy atom. The van der Waals surface area contributed by atoms with Crippen molar-refractivity contribution in [2.45, 2.75) is 44.3 Å². The van der Waals surface area contributed by atoms with E-state index >= 15 is 0 Å². The number of hydrogen-bond acceptors (Lipinski definition) is 5. The van der Waals surface area contributed by atoms with E-state index in [1.54, 1.807) is 0 Å². The molecule has 5 nitrogen and oxygen atoms in total. The van der Waals surface area contributed by atoms with Crippen molar-refractivity contribution in [2.75, 3.05) is 0 Å². The van der Waals surface area contributed by atoms with Crippen molar-refractivity contribution in [1.82, 2.24) is 15.0 Å². The molecular formula is C44H36BN3O2. The molecule has 0 N–H and O–H groups in total. The largest absolute Gasteiger partial charge is 0.494 e. The zero-order chi connectivity index (χ0) is 34.1. The van der Waals surface area contributed by atoms with Crippen LogP contribution in [0.25, 0.3) is 44.8 Å². The van der Waals surface area contributed by atoms with Gasteiger partial charge in [0, 0.05) is 11.1 Å². The molecule has 1 fully saturated rings. The second kappa shape index (κ2) is 11.3. The van der Waals surface area contributed by atoms with Gasteiger partial charge in [0.1, 0.15) is 11.2 Å². The van der Waals surface area contributed by atoms with E-state index in [0.717, 1.165) is 50.1 Å². The van der Waals surface area contributed by atoms with E-state index in [0.29, 0.717) is 5.82 Å². The Balaban J connectivity index is 1.30. The highest BCUT2D eigenvalue weighted by Gasteiger charge is 2.53. The van der Waals surface area contributed by atoms with E-state index in [4.69, 9.17) is 24.3 Å². The maximum atomic E-state index is 6.52. The topological polar surface area (TPSA) is 57.1 Å². The first-order valence-electron chi connectivity index (χ1n) is 17.2. The Morgan fingerprint density at radius 2 is 1.12 bits per heavy atom. The first-order valence-corrected chi connectivity index (χ1v) is 17.2. The molecule has 3 heterocycles. The highest BCUT2D eigenvalue weighted by molar-refractivity contribution is 6.62. The highest BCUT2D eigenvalue weighted by atomic mass is 16.7. The molecule has 7 aromatic rings. The normalized spacial score (nSPS) is 18.6. The standard InChI is InChI=1S/C44H36BN3O2/c1-42(2)43(3,4)50-45(49-42)32-24-25-36-34(28-32)33-22-14-15-23-35(33)44(36,31-20-12-7-13-21-31)38-27-26-37-40(47-38)39(29-16-8-5-9-17-29)48-41(46-37)30-18-10-6-11-19-30/h5-28H,1-4H3. The molecule has 0 saturated carbocycles. The van der Waals surface area contributed by atoms with Crippen LogP contribution in [0.4, 0.5) is 0 Å². The molecule has 0 bridgehead atoms. The Bertz CT molecular complexity index is 2380. The predicted molar refractivity (Wildman–Crippen MR) is 201 cm³/mol. The molecule has 6 heteroatoms. The van der Waals surface area contributed by atoms with Crippen LogP contribution < -0.4 is 5.46 Å². The van der Waals surface area contributed by atoms with Crippen LogP contribution in [-0.4, -0.2) is 33.3 Å². The monoisotopic (exact) mass is 649 g/mol. The molecule has 0 spiro atoms. The number of nitrogens with zero attached hydrogens (tertiary/aromatic N) is 3. The molecular weight excluding hydrogens is 613 g/mol. The average molecular weight is 650 g/mol. The lowest BCUT2D eigenvalue weighted by atomic mass is 9.69. The summed E-state index contributed by atoms with van der Waals surface area (Å²) in [6.45, 7) is 8.38. The number of aromatic nitrogens is 3. The predicted octanol–water partition coefficient (Wildman–Crippen LogP) is 9.02. The van der Waals surface area contributed by atoms with Crippen molar-refractivity contribution >= 4 is 23.6 Å². The average Bonchev–Trinajstić information content (AvgIpc) is 3.57. The fourth-order valence-electron chi connectivity index (χ4n) is 7.59. The first kappa shape index (κ1) is 30.6. The number of pyridine rings is 1. The van der Waals surface area contributed by atoms with E-state index in [2.05, 4.69) is 125 Å². The Labute approximate surface area is 293 Å². The fraction of sp³-hybridized carbons (Fsp3) is 0.159. The zero-order valence-electron chi connectivity index (χ0n) is 28.6. The SMILES string of the molecule is CC1(C)OB(c2ccc3c(c2)-c2ccccc2C3(c2ccccc2)c2ccc3nc(-c4ccccc4)nc(-c4ccccc4)c3n2)OC1(C)C. The van der Waals surface area contributed by atoms with Crippen LogP contribution in [0.15, 0.2) is 146 Å². The van der Waals surface area contributed by atoms with Gasteiger partial charge in [0.2, 0.25) is 0 Å². The second-order valence-corrected chi connectivity index (χ2v) is 14.2. The molecule has 0 radical (unpaired) electrons. The molecule has 0 amide bonds. The van der Waals surface area contributed by atoms with Gasteiger partial charge in [-0.2, -0.15) is 0 Å². The molecule has 1 unspecified atom stereocenters. The summed E-state index contributed by atoms with van der Waals surface area (Å²) in [6.07, 6.45) is 0. The van der Waals surface area contributed by atoms with E-state index in [1.807, 2.05) is 48.5 Å². The van der Waals surface area contributed by atoms with Gasteiger partial charge in [0.15, 0.2) is 5.82 Å². The minimum absolute atomic E-state index is 0.434. The van der Waals surface area contributed by atoms with Crippen molar-refractivity contribution in [3.63, 3.8) is 0 Å².